The van der Waals surface area contributed by atoms with Crippen LogP contribution in [0.4, 0.5) is 15.5 Å². The molecule has 126 valence electrons. The Labute approximate surface area is 136 Å². The number of terminal acetylenes is 1. The third kappa shape index (κ3) is 5.66. The van der Waals surface area contributed by atoms with Gasteiger partial charge in [0.05, 0.1) is 6.54 Å². The topological polar surface area (TPSA) is 73.7 Å². The summed E-state index contributed by atoms with van der Waals surface area (Å²) in [5.41, 5.74) is -1.38. The Balaban J connectivity index is 3.11. The van der Waals surface area contributed by atoms with Crippen molar-refractivity contribution < 1.29 is 19.1 Å². The average Bonchev–Trinajstić information content (AvgIpc) is 2.80. The molecule has 0 bridgehead atoms. The van der Waals surface area contributed by atoms with Crippen molar-refractivity contribution in [3.05, 3.63) is 12.4 Å². The van der Waals surface area contributed by atoms with Crippen LogP contribution in [-0.4, -0.2) is 39.5 Å². The lowest BCUT2D eigenvalue weighted by Crippen LogP contribution is -2.39. The molecule has 0 saturated carbocycles. The SMILES string of the molecule is C#CCN(C(=O)OC(C)(C)C)c1nccn1C(=O)OC(C)(C)C. The second kappa shape index (κ2) is 6.73. The van der Waals surface area contributed by atoms with E-state index in [9.17, 15) is 9.59 Å². The number of aromatic nitrogens is 2. The Hall–Kier alpha value is -2.49. The summed E-state index contributed by atoms with van der Waals surface area (Å²) in [5.74, 6) is 2.40. The Morgan fingerprint density at radius 3 is 2.26 bits per heavy atom. The Bertz CT molecular complexity index is 614. The highest BCUT2D eigenvalue weighted by molar-refractivity contribution is 5.89. The molecule has 0 N–H and O–H groups in total. The number of imidazole rings is 1. The molecule has 1 rings (SSSR count). The average molecular weight is 321 g/mol. The standard InChI is InChI=1S/C16H23N3O4/c1-8-10-18(13(20)22-15(2,3)4)12-17-9-11-19(12)14(21)23-16(5,6)7/h1,9,11H,10H2,2-7H3. The zero-order valence-corrected chi connectivity index (χ0v) is 14.4. The lowest BCUT2D eigenvalue weighted by atomic mass is 10.2. The fourth-order valence-electron chi connectivity index (χ4n) is 1.57. The summed E-state index contributed by atoms with van der Waals surface area (Å²) in [4.78, 5) is 29.7. The van der Waals surface area contributed by atoms with E-state index in [0.717, 1.165) is 9.47 Å². The first-order valence-corrected chi connectivity index (χ1v) is 7.15. The van der Waals surface area contributed by atoms with Crippen LogP contribution in [0.5, 0.6) is 0 Å². The minimum Gasteiger partial charge on any atom is -0.443 e. The minimum atomic E-state index is -0.701. The van der Waals surface area contributed by atoms with Crippen LogP contribution in [-0.2, 0) is 9.47 Å². The van der Waals surface area contributed by atoms with Crippen LogP contribution in [0.2, 0.25) is 0 Å². The van der Waals surface area contributed by atoms with E-state index in [1.54, 1.807) is 41.5 Å². The maximum absolute atomic E-state index is 12.3. The number of nitrogens with zero attached hydrogens (tertiary/aromatic N) is 3. The second-order valence-corrected chi connectivity index (χ2v) is 6.85. The van der Waals surface area contributed by atoms with E-state index < -0.39 is 23.4 Å². The molecule has 0 fully saturated rings. The normalized spacial score (nSPS) is 11.5. The lowest BCUT2D eigenvalue weighted by molar-refractivity contribution is 0.0533. The number of rotatable bonds is 2. The third-order valence-electron chi connectivity index (χ3n) is 2.32. The van der Waals surface area contributed by atoms with Gasteiger partial charge in [0.15, 0.2) is 0 Å². The van der Waals surface area contributed by atoms with Gasteiger partial charge < -0.3 is 9.47 Å². The summed E-state index contributed by atoms with van der Waals surface area (Å²) in [6.07, 6.45) is 6.75. The molecular formula is C16H23N3O4. The van der Waals surface area contributed by atoms with Gasteiger partial charge >= 0.3 is 12.2 Å². The molecule has 1 heterocycles. The van der Waals surface area contributed by atoms with E-state index in [1.165, 1.54) is 12.4 Å². The largest absolute Gasteiger partial charge is 0.443 e. The first-order valence-electron chi connectivity index (χ1n) is 7.15. The van der Waals surface area contributed by atoms with Crippen molar-refractivity contribution in [2.75, 3.05) is 11.4 Å². The molecular weight excluding hydrogens is 298 g/mol. The number of hydrogen-bond donors (Lipinski definition) is 0. The quantitative estimate of drug-likeness (QED) is 0.783. The molecule has 1 amide bonds. The number of carbonyl (C=O) groups is 2. The molecule has 0 spiro atoms. The van der Waals surface area contributed by atoms with Crippen molar-refractivity contribution >= 4 is 18.1 Å². The van der Waals surface area contributed by atoms with E-state index in [1.807, 2.05) is 0 Å². The molecule has 0 aliphatic rings. The molecule has 1 aromatic rings. The molecule has 7 nitrogen and oxygen atoms in total. The Morgan fingerprint density at radius 2 is 1.78 bits per heavy atom. The molecule has 0 aliphatic heterocycles. The summed E-state index contributed by atoms with van der Waals surface area (Å²) < 4.78 is 11.7. The third-order valence-corrected chi connectivity index (χ3v) is 2.32. The minimum absolute atomic E-state index is 0.0476. The van der Waals surface area contributed by atoms with Gasteiger partial charge in [-0.15, -0.1) is 6.42 Å². The number of carbonyl (C=O) groups excluding carboxylic acids is 2. The first kappa shape index (κ1) is 18.6. The smallest absolute Gasteiger partial charge is 0.421 e. The van der Waals surface area contributed by atoms with Crippen LogP contribution in [0.1, 0.15) is 41.5 Å². The predicted molar refractivity (Wildman–Crippen MR) is 86.3 cm³/mol. The van der Waals surface area contributed by atoms with Gasteiger partial charge in [0, 0.05) is 12.4 Å². The molecule has 0 unspecified atom stereocenters. The summed E-state index contributed by atoms with van der Waals surface area (Å²) in [6, 6.07) is 0. The van der Waals surface area contributed by atoms with Crippen LogP contribution in [0.25, 0.3) is 0 Å². The van der Waals surface area contributed by atoms with Crippen molar-refractivity contribution in [3.8, 4) is 12.3 Å². The van der Waals surface area contributed by atoms with Crippen LogP contribution in [0.3, 0.4) is 0 Å². The van der Waals surface area contributed by atoms with Gasteiger partial charge in [-0.05, 0) is 41.5 Å². The highest BCUT2D eigenvalue weighted by atomic mass is 16.6. The Morgan fingerprint density at radius 1 is 1.22 bits per heavy atom. The van der Waals surface area contributed by atoms with Crippen LogP contribution < -0.4 is 4.90 Å². The number of ether oxygens (including phenoxy) is 2. The number of anilines is 1. The highest BCUT2D eigenvalue weighted by Gasteiger charge is 2.28. The molecule has 0 atom stereocenters. The van der Waals surface area contributed by atoms with E-state index in [2.05, 4.69) is 10.9 Å². The van der Waals surface area contributed by atoms with Crippen molar-refractivity contribution in [1.29, 1.82) is 0 Å². The van der Waals surface area contributed by atoms with Crippen molar-refractivity contribution in [1.82, 2.24) is 9.55 Å². The molecule has 0 radical (unpaired) electrons. The van der Waals surface area contributed by atoms with Crippen LogP contribution >= 0.6 is 0 Å². The van der Waals surface area contributed by atoms with Crippen molar-refractivity contribution in [3.63, 3.8) is 0 Å². The predicted octanol–water partition coefficient (Wildman–Crippen LogP) is 3.04. The molecule has 0 aromatic carbocycles. The van der Waals surface area contributed by atoms with E-state index >= 15 is 0 Å². The van der Waals surface area contributed by atoms with E-state index in [0.29, 0.717) is 0 Å². The molecule has 23 heavy (non-hydrogen) atoms. The van der Waals surface area contributed by atoms with Gasteiger partial charge in [-0.2, -0.15) is 0 Å². The molecule has 7 heteroatoms. The molecule has 0 aliphatic carbocycles. The fraction of sp³-hybridized carbons (Fsp3) is 0.562. The maximum Gasteiger partial charge on any atom is 0.421 e. The van der Waals surface area contributed by atoms with Gasteiger partial charge in [-0.3, -0.25) is 0 Å². The van der Waals surface area contributed by atoms with E-state index in [-0.39, 0.29) is 12.5 Å². The molecule has 0 saturated heterocycles. The summed E-state index contributed by atoms with van der Waals surface area (Å²) in [6.45, 7) is 10.4. The summed E-state index contributed by atoms with van der Waals surface area (Å²) in [5, 5.41) is 0. The number of amides is 1. The van der Waals surface area contributed by atoms with Gasteiger partial charge in [0.1, 0.15) is 11.2 Å². The lowest BCUT2D eigenvalue weighted by Gasteiger charge is -2.26. The number of hydrogen-bond acceptors (Lipinski definition) is 5. The Kier molecular flexibility index (Phi) is 5.43. The van der Waals surface area contributed by atoms with Gasteiger partial charge in [-0.1, -0.05) is 5.92 Å². The summed E-state index contributed by atoms with van der Waals surface area (Å²) in [7, 11) is 0. The van der Waals surface area contributed by atoms with Gasteiger partial charge in [-0.25, -0.2) is 24.0 Å². The van der Waals surface area contributed by atoms with Crippen molar-refractivity contribution in [2.45, 2.75) is 52.7 Å². The van der Waals surface area contributed by atoms with Crippen molar-refractivity contribution in [2.24, 2.45) is 0 Å². The van der Waals surface area contributed by atoms with Crippen LogP contribution in [0.15, 0.2) is 12.4 Å². The first-order chi connectivity index (χ1) is 10.4. The maximum atomic E-state index is 12.3. The fourth-order valence-corrected chi connectivity index (χ4v) is 1.57. The highest BCUT2D eigenvalue weighted by Crippen LogP contribution is 2.18. The summed E-state index contributed by atoms with van der Waals surface area (Å²) >= 11 is 0. The second-order valence-electron chi connectivity index (χ2n) is 6.85. The zero-order chi connectivity index (χ0) is 17.8. The van der Waals surface area contributed by atoms with Crippen LogP contribution in [0, 0.1) is 12.3 Å². The van der Waals surface area contributed by atoms with Gasteiger partial charge in [0.25, 0.3) is 0 Å². The zero-order valence-electron chi connectivity index (χ0n) is 14.4. The van der Waals surface area contributed by atoms with E-state index in [4.69, 9.17) is 15.9 Å². The van der Waals surface area contributed by atoms with Gasteiger partial charge in [0.2, 0.25) is 5.95 Å². The monoisotopic (exact) mass is 321 g/mol. The molecule has 1 aromatic heterocycles.